The molecule has 1 aliphatic carbocycles. The van der Waals surface area contributed by atoms with Crippen LogP contribution in [0.5, 0.6) is 0 Å². The van der Waals surface area contributed by atoms with E-state index in [4.69, 9.17) is 5.11 Å². The summed E-state index contributed by atoms with van der Waals surface area (Å²) in [5, 5.41) is 8.75. The van der Waals surface area contributed by atoms with Crippen LogP contribution in [0.25, 0.3) is 0 Å². The van der Waals surface area contributed by atoms with E-state index >= 15 is 0 Å². The molecule has 0 aromatic heterocycles. The van der Waals surface area contributed by atoms with Crippen LogP contribution in [-0.4, -0.2) is 17.0 Å². The van der Waals surface area contributed by atoms with Gasteiger partial charge < -0.3 is 5.11 Å². The van der Waals surface area contributed by atoms with Gasteiger partial charge in [0, 0.05) is 12.5 Å². The number of carboxylic acid groups (broad SMARTS) is 1. The fraction of sp³-hybridized carbons (Fsp3) is 0.364. The molecule has 98 valence electrons. The van der Waals surface area contributed by atoms with Crippen molar-refractivity contribution >= 4 is 5.97 Å². The van der Waals surface area contributed by atoms with Gasteiger partial charge in [0.25, 0.3) is 5.92 Å². The minimum atomic E-state index is -3.46. The minimum absolute atomic E-state index is 0.209. The standard InChI is InChI=1S/C11H7F5O2/c12-6-2-8(14)7(13)1-5(6)3-10(9(17)18)4-11(10,15)16/h1-2H,3-4H2,(H,17,18). The van der Waals surface area contributed by atoms with Crippen molar-refractivity contribution in [3.05, 3.63) is 35.1 Å². The number of alkyl halides is 2. The maximum absolute atomic E-state index is 13.3. The first-order chi connectivity index (χ1) is 8.19. The van der Waals surface area contributed by atoms with Crippen LogP contribution in [0.4, 0.5) is 22.0 Å². The van der Waals surface area contributed by atoms with Crippen molar-refractivity contribution in [2.75, 3.05) is 0 Å². The molecule has 7 heteroatoms. The van der Waals surface area contributed by atoms with E-state index < -0.39 is 53.2 Å². The van der Waals surface area contributed by atoms with Crippen molar-refractivity contribution in [3.8, 4) is 0 Å². The molecule has 0 saturated heterocycles. The van der Waals surface area contributed by atoms with Crippen molar-refractivity contribution in [1.29, 1.82) is 0 Å². The number of carboxylic acids is 1. The normalized spacial score (nSPS) is 24.9. The first-order valence-corrected chi connectivity index (χ1v) is 4.94. The molecule has 0 bridgehead atoms. The van der Waals surface area contributed by atoms with Crippen LogP contribution in [0.3, 0.4) is 0 Å². The number of rotatable bonds is 3. The zero-order valence-corrected chi connectivity index (χ0v) is 8.81. The Bertz CT molecular complexity index is 528. The fourth-order valence-electron chi connectivity index (χ4n) is 1.86. The van der Waals surface area contributed by atoms with Gasteiger partial charge >= 0.3 is 5.97 Å². The molecule has 0 amide bonds. The van der Waals surface area contributed by atoms with Gasteiger partial charge in [-0.05, 0) is 18.1 Å². The van der Waals surface area contributed by atoms with E-state index in [-0.39, 0.29) is 6.07 Å². The molecule has 0 aliphatic heterocycles. The zero-order chi connectivity index (χ0) is 13.7. The molecule has 2 nitrogen and oxygen atoms in total. The van der Waals surface area contributed by atoms with E-state index in [0.29, 0.717) is 6.07 Å². The van der Waals surface area contributed by atoms with Gasteiger partial charge in [-0.25, -0.2) is 22.0 Å². The molecule has 1 saturated carbocycles. The molecule has 1 fully saturated rings. The molecule has 2 rings (SSSR count). The third-order valence-electron chi connectivity index (χ3n) is 3.09. The van der Waals surface area contributed by atoms with Crippen LogP contribution < -0.4 is 0 Å². The second-order valence-electron chi connectivity index (χ2n) is 4.30. The number of hydrogen-bond donors (Lipinski definition) is 1. The predicted molar refractivity (Wildman–Crippen MR) is 49.7 cm³/mol. The van der Waals surface area contributed by atoms with Crippen molar-refractivity contribution in [1.82, 2.24) is 0 Å². The smallest absolute Gasteiger partial charge is 0.316 e. The second kappa shape index (κ2) is 3.66. The average Bonchev–Trinajstić information content (AvgIpc) is 2.78. The molecule has 1 atom stereocenters. The summed E-state index contributed by atoms with van der Waals surface area (Å²) in [6.45, 7) is 0. The van der Waals surface area contributed by atoms with Crippen molar-refractivity contribution in [2.24, 2.45) is 5.41 Å². The highest BCUT2D eigenvalue weighted by Crippen LogP contribution is 2.62. The zero-order valence-electron chi connectivity index (χ0n) is 8.81. The average molecular weight is 266 g/mol. The second-order valence-corrected chi connectivity index (χ2v) is 4.30. The minimum Gasteiger partial charge on any atom is -0.481 e. The third kappa shape index (κ3) is 1.74. The molecule has 1 aromatic rings. The molecule has 0 heterocycles. The van der Waals surface area contributed by atoms with E-state index in [2.05, 4.69) is 0 Å². The summed E-state index contributed by atoms with van der Waals surface area (Å²) in [6.07, 6.45) is -1.81. The van der Waals surface area contributed by atoms with Crippen LogP contribution in [0.1, 0.15) is 12.0 Å². The van der Waals surface area contributed by atoms with E-state index in [9.17, 15) is 26.7 Å². The summed E-state index contributed by atoms with van der Waals surface area (Å²) in [5.41, 5.74) is -2.99. The lowest BCUT2D eigenvalue weighted by molar-refractivity contribution is -0.147. The van der Waals surface area contributed by atoms with Crippen LogP contribution in [0.15, 0.2) is 12.1 Å². The largest absolute Gasteiger partial charge is 0.481 e. The van der Waals surface area contributed by atoms with Gasteiger partial charge in [-0.1, -0.05) is 0 Å². The summed E-state index contributed by atoms with van der Waals surface area (Å²) in [7, 11) is 0. The maximum atomic E-state index is 13.3. The van der Waals surface area contributed by atoms with E-state index in [1.807, 2.05) is 0 Å². The van der Waals surface area contributed by atoms with Gasteiger partial charge in [0.15, 0.2) is 11.6 Å². The summed E-state index contributed by atoms with van der Waals surface area (Å²) < 4.78 is 64.8. The highest BCUT2D eigenvalue weighted by molar-refractivity contribution is 5.80. The molecule has 1 aromatic carbocycles. The fourth-order valence-corrected chi connectivity index (χ4v) is 1.86. The van der Waals surface area contributed by atoms with E-state index in [1.165, 1.54) is 0 Å². The van der Waals surface area contributed by atoms with E-state index in [1.54, 1.807) is 0 Å². The van der Waals surface area contributed by atoms with Crippen LogP contribution in [0.2, 0.25) is 0 Å². The van der Waals surface area contributed by atoms with Crippen molar-refractivity contribution in [2.45, 2.75) is 18.8 Å². The Morgan fingerprint density at radius 1 is 1.17 bits per heavy atom. The molecule has 18 heavy (non-hydrogen) atoms. The lowest BCUT2D eigenvalue weighted by atomic mass is 9.95. The highest BCUT2D eigenvalue weighted by Gasteiger charge is 2.76. The molecular weight excluding hydrogens is 259 g/mol. The Morgan fingerprint density at radius 2 is 1.67 bits per heavy atom. The topological polar surface area (TPSA) is 37.3 Å². The number of hydrogen-bond acceptors (Lipinski definition) is 1. The lowest BCUT2D eigenvalue weighted by Crippen LogP contribution is -2.25. The maximum Gasteiger partial charge on any atom is 0.316 e. The van der Waals surface area contributed by atoms with Crippen LogP contribution >= 0.6 is 0 Å². The quantitative estimate of drug-likeness (QED) is 0.674. The Balaban J connectivity index is 2.36. The Kier molecular flexibility index (Phi) is 2.60. The van der Waals surface area contributed by atoms with Gasteiger partial charge in [0.2, 0.25) is 0 Å². The van der Waals surface area contributed by atoms with Gasteiger partial charge in [0.1, 0.15) is 11.2 Å². The predicted octanol–water partition coefficient (Wildman–Crippen LogP) is 2.76. The SMILES string of the molecule is O=C(O)C1(Cc2cc(F)c(F)cc2F)CC1(F)F. The third-order valence-corrected chi connectivity index (χ3v) is 3.09. The summed E-state index contributed by atoms with van der Waals surface area (Å²) >= 11 is 0. The molecule has 0 radical (unpaired) electrons. The first kappa shape index (κ1) is 12.8. The Labute approximate surface area is 98.0 Å². The molecular formula is C11H7F5O2. The van der Waals surface area contributed by atoms with E-state index in [0.717, 1.165) is 0 Å². The van der Waals surface area contributed by atoms with Gasteiger partial charge in [0.05, 0.1) is 0 Å². The van der Waals surface area contributed by atoms with Gasteiger partial charge in [-0.15, -0.1) is 0 Å². The highest BCUT2D eigenvalue weighted by atomic mass is 19.3. The summed E-state index contributed by atoms with van der Waals surface area (Å²) in [6, 6.07) is 0.616. The van der Waals surface area contributed by atoms with Crippen molar-refractivity contribution < 1.29 is 31.9 Å². The number of carbonyl (C=O) groups is 1. The Hall–Kier alpha value is -1.66. The van der Waals surface area contributed by atoms with Crippen molar-refractivity contribution in [3.63, 3.8) is 0 Å². The van der Waals surface area contributed by atoms with Gasteiger partial charge in [-0.3, -0.25) is 4.79 Å². The van der Waals surface area contributed by atoms with Crippen LogP contribution in [0, 0.1) is 22.9 Å². The monoisotopic (exact) mass is 266 g/mol. The lowest BCUT2D eigenvalue weighted by Gasteiger charge is -2.12. The summed E-state index contributed by atoms with van der Waals surface area (Å²) in [5.74, 6) is -9.34. The number of aliphatic carboxylic acids is 1. The first-order valence-electron chi connectivity index (χ1n) is 4.94. The number of benzene rings is 1. The van der Waals surface area contributed by atoms with Gasteiger partial charge in [-0.2, -0.15) is 0 Å². The molecule has 0 spiro atoms. The summed E-state index contributed by atoms with van der Waals surface area (Å²) in [4.78, 5) is 10.8. The molecule has 1 N–H and O–H groups in total. The molecule has 1 aliphatic rings. The Morgan fingerprint density at radius 3 is 2.11 bits per heavy atom. The van der Waals surface area contributed by atoms with Crippen LogP contribution in [-0.2, 0) is 11.2 Å². The number of halogens is 5. The molecule has 1 unspecified atom stereocenters.